The van der Waals surface area contributed by atoms with Crippen LogP contribution in [0, 0.1) is 5.82 Å². The minimum Gasteiger partial charge on any atom is -0.351 e. The molecule has 1 aromatic carbocycles. The highest BCUT2D eigenvalue weighted by molar-refractivity contribution is 7.89. The van der Waals surface area contributed by atoms with Crippen LogP contribution < -0.4 is 5.32 Å². The summed E-state index contributed by atoms with van der Waals surface area (Å²) in [6.45, 7) is 0.667. The van der Waals surface area contributed by atoms with Crippen molar-refractivity contribution in [3.8, 4) is 11.1 Å². The van der Waals surface area contributed by atoms with Crippen molar-refractivity contribution in [3.63, 3.8) is 0 Å². The van der Waals surface area contributed by atoms with Crippen LogP contribution in [0.5, 0.6) is 0 Å². The number of halogens is 7. The van der Waals surface area contributed by atoms with Crippen molar-refractivity contribution in [1.29, 1.82) is 0 Å². The van der Waals surface area contributed by atoms with Crippen LogP contribution in [0.3, 0.4) is 0 Å². The lowest BCUT2D eigenvalue weighted by atomic mass is 10.1. The van der Waals surface area contributed by atoms with E-state index in [0.29, 0.717) is 4.31 Å². The maximum Gasteiger partial charge on any atom is 0.451 e. The molecule has 2 aromatic heterocycles. The van der Waals surface area contributed by atoms with E-state index in [0.717, 1.165) is 48.9 Å². The first-order valence-corrected chi connectivity index (χ1v) is 13.0. The Hall–Kier alpha value is -3.66. The number of carbonyl (C=O) groups excluding carboxylic acids is 1. The number of hydrogen-bond donors (Lipinski definition) is 1. The summed E-state index contributed by atoms with van der Waals surface area (Å²) in [6, 6.07) is 2.06. The lowest BCUT2D eigenvalue weighted by Crippen LogP contribution is -2.48. The van der Waals surface area contributed by atoms with E-state index in [9.17, 15) is 43.9 Å². The summed E-state index contributed by atoms with van der Waals surface area (Å²) in [4.78, 5) is 22.7. The highest BCUT2D eigenvalue weighted by Crippen LogP contribution is 2.34. The summed E-state index contributed by atoms with van der Waals surface area (Å²) in [6.07, 6.45) is -7.50. The van der Waals surface area contributed by atoms with Crippen LogP contribution in [0.1, 0.15) is 36.9 Å². The third-order valence-corrected chi connectivity index (χ3v) is 8.28. The number of rotatable bonds is 7. The zero-order valence-corrected chi connectivity index (χ0v) is 21.2. The monoisotopic (exact) mass is 591 g/mol. The minimum atomic E-state index is -4.79. The van der Waals surface area contributed by atoms with Crippen LogP contribution in [0.25, 0.3) is 11.1 Å². The zero-order valence-electron chi connectivity index (χ0n) is 20.4. The Balaban J connectivity index is 1.58. The molecule has 214 valence electrons. The number of nitrogens with zero attached hydrogens (tertiary/aromatic N) is 4. The quantitative estimate of drug-likeness (QED) is 0.408. The van der Waals surface area contributed by atoms with Gasteiger partial charge in [0.05, 0.1) is 10.9 Å². The molecular weight excluding hydrogens is 571 g/mol. The number of pyridine rings is 1. The highest BCUT2D eigenvalue weighted by Gasteiger charge is 2.49. The predicted molar refractivity (Wildman–Crippen MR) is 125 cm³/mol. The fraction of sp³-hybridized carbons (Fsp3) is 0.333. The highest BCUT2D eigenvalue weighted by atomic mass is 32.2. The number of sulfonamides is 1. The first-order valence-electron chi connectivity index (χ1n) is 11.6. The van der Waals surface area contributed by atoms with Crippen LogP contribution in [0.2, 0.25) is 0 Å². The molecule has 0 spiro atoms. The van der Waals surface area contributed by atoms with Crippen LogP contribution >= 0.6 is 0 Å². The second kappa shape index (κ2) is 11.1. The molecule has 16 heteroatoms. The largest absolute Gasteiger partial charge is 0.451 e. The van der Waals surface area contributed by atoms with Crippen LogP contribution in [0.15, 0.2) is 53.8 Å². The van der Waals surface area contributed by atoms with Crippen molar-refractivity contribution in [2.45, 2.75) is 55.6 Å². The molecule has 3 heterocycles. The van der Waals surface area contributed by atoms with E-state index in [1.165, 1.54) is 6.92 Å². The van der Waals surface area contributed by atoms with Gasteiger partial charge in [0.15, 0.2) is 0 Å². The maximum atomic E-state index is 14.6. The van der Waals surface area contributed by atoms with Crippen LogP contribution in [0.4, 0.5) is 30.7 Å². The van der Waals surface area contributed by atoms with Gasteiger partial charge in [0.2, 0.25) is 21.8 Å². The molecule has 4 rings (SSSR count). The summed E-state index contributed by atoms with van der Waals surface area (Å²) < 4.78 is 120. The van der Waals surface area contributed by atoms with Gasteiger partial charge in [-0.15, -0.1) is 0 Å². The van der Waals surface area contributed by atoms with E-state index < -0.39 is 77.1 Å². The standard InChI is InChI=1S/C24H20F7N5O3S/c1-12-18(26)7-19(36(12)40(38,39)17-4-2-16(25)3-5-17)22(37)33-9-14-6-13(8-32-20(14)21(27)28)15-10-34-23(35-11-15)24(29,30)31/h2-6,8,10-12,18-19,21H,7,9H2,1H3,(H,33,37)/t12-,18+,19-/m0/s1. The lowest BCUT2D eigenvalue weighted by Gasteiger charge is -2.27. The molecule has 1 aliphatic rings. The van der Waals surface area contributed by atoms with Gasteiger partial charge in [0.1, 0.15) is 23.7 Å². The smallest absolute Gasteiger partial charge is 0.351 e. The topological polar surface area (TPSA) is 105 Å². The fourth-order valence-electron chi connectivity index (χ4n) is 4.24. The Morgan fingerprint density at radius 1 is 1.07 bits per heavy atom. The van der Waals surface area contributed by atoms with Gasteiger partial charge in [-0.1, -0.05) is 0 Å². The van der Waals surface area contributed by atoms with E-state index in [2.05, 4.69) is 20.3 Å². The maximum absolute atomic E-state index is 14.6. The molecular formula is C24H20F7N5O3S. The Morgan fingerprint density at radius 3 is 2.25 bits per heavy atom. The molecule has 3 aromatic rings. The van der Waals surface area contributed by atoms with E-state index in [4.69, 9.17) is 0 Å². The van der Waals surface area contributed by atoms with Gasteiger partial charge < -0.3 is 5.32 Å². The molecule has 1 aliphatic heterocycles. The van der Waals surface area contributed by atoms with Gasteiger partial charge in [0, 0.05) is 42.7 Å². The number of carbonyl (C=O) groups is 1. The number of aromatic nitrogens is 3. The Labute approximate surface area is 223 Å². The van der Waals surface area contributed by atoms with Crippen molar-refractivity contribution in [3.05, 3.63) is 71.8 Å². The third kappa shape index (κ3) is 5.91. The summed E-state index contributed by atoms with van der Waals surface area (Å²) in [5.41, 5.74) is -0.871. The summed E-state index contributed by atoms with van der Waals surface area (Å²) in [7, 11) is -4.45. The van der Waals surface area contributed by atoms with Gasteiger partial charge in [-0.05, 0) is 42.8 Å². The van der Waals surface area contributed by atoms with Gasteiger partial charge in [-0.3, -0.25) is 9.78 Å². The van der Waals surface area contributed by atoms with Crippen LogP contribution in [-0.4, -0.2) is 51.8 Å². The van der Waals surface area contributed by atoms with Gasteiger partial charge >= 0.3 is 6.18 Å². The summed E-state index contributed by atoms with van der Waals surface area (Å²) in [5, 5.41) is 2.32. The average molecular weight is 592 g/mol. The molecule has 1 saturated heterocycles. The van der Waals surface area contributed by atoms with Crippen molar-refractivity contribution in [2.24, 2.45) is 0 Å². The lowest BCUT2D eigenvalue weighted by molar-refractivity contribution is -0.145. The van der Waals surface area contributed by atoms with Crippen molar-refractivity contribution < 1.29 is 43.9 Å². The van der Waals surface area contributed by atoms with E-state index >= 15 is 0 Å². The molecule has 0 radical (unpaired) electrons. The van der Waals surface area contributed by atoms with Crippen molar-refractivity contribution in [2.75, 3.05) is 0 Å². The molecule has 0 unspecified atom stereocenters. The molecule has 3 atom stereocenters. The Kier molecular flexibility index (Phi) is 8.12. The first kappa shape index (κ1) is 29.3. The van der Waals surface area contributed by atoms with E-state index in [-0.39, 0.29) is 21.6 Å². The zero-order chi connectivity index (χ0) is 29.4. The minimum absolute atomic E-state index is 0.0235. The first-order chi connectivity index (χ1) is 18.7. The second-order valence-electron chi connectivity index (χ2n) is 8.88. The number of hydrogen-bond acceptors (Lipinski definition) is 6. The predicted octanol–water partition coefficient (Wildman–Crippen LogP) is 4.44. The Bertz CT molecular complexity index is 1490. The molecule has 40 heavy (non-hydrogen) atoms. The van der Waals surface area contributed by atoms with E-state index in [1.54, 1.807) is 0 Å². The Morgan fingerprint density at radius 2 is 1.68 bits per heavy atom. The number of nitrogens with one attached hydrogen (secondary N) is 1. The molecule has 1 fully saturated rings. The number of amides is 1. The van der Waals surface area contributed by atoms with Gasteiger partial charge in [-0.2, -0.15) is 17.5 Å². The second-order valence-corrected chi connectivity index (χ2v) is 10.7. The van der Waals surface area contributed by atoms with Crippen molar-refractivity contribution >= 4 is 15.9 Å². The van der Waals surface area contributed by atoms with E-state index in [1.807, 2.05) is 0 Å². The molecule has 0 saturated carbocycles. The SMILES string of the molecule is C[C@H]1[C@H](F)C[C@@H](C(=O)NCc2cc(-c3cnc(C(F)(F)F)nc3)cnc2C(F)F)N1S(=O)(=O)c1ccc(F)cc1. The number of benzene rings is 1. The third-order valence-electron chi connectivity index (χ3n) is 6.27. The summed E-state index contributed by atoms with van der Waals surface area (Å²) >= 11 is 0. The molecule has 0 bridgehead atoms. The summed E-state index contributed by atoms with van der Waals surface area (Å²) in [5.74, 6) is -3.10. The molecule has 1 amide bonds. The average Bonchev–Trinajstić information content (AvgIpc) is 3.21. The molecule has 8 nitrogen and oxygen atoms in total. The van der Waals surface area contributed by atoms with Crippen LogP contribution in [-0.2, 0) is 27.5 Å². The normalized spacial score (nSPS) is 20.2. The fourth-order valence-corrected chi connectivity index (χ4v) is 6.05. The number of alkyl halides is 6. The van der Waals surface area contributed by atoms with Gasteiger partial charge in [0.25, 0.3) is 6.43 Å². The van der Waals surface area contributed by atoms with Gasteiger partial charge in [-0.25, -0.2) is 35.9 Å². The molecule has 1 N–H and O–H groups in total. The molecule has 0 aliphatic carbocycles. The van der Waals surface area contributed by atoms with Crippen molar-refractivity contribution in [1.82, 2.24) is 24.6 Å².